The average molecular weight is 266 g/mol. The van der Waals surface area contributed by atoms with Gasteiger partial charge < -0.3 is 9.67 Å². The first kappa shape index (κ1) is 14.5. The molecule has 19 heavy (non-hydrogen) atoms. The van der Waals surface area contributed by atoms with Gasteiger partial charge in [-0.15, -0.1) is 10.2 Å². The monoisotopic (exact) mass is 266 g/mol. The van der Waals surface area contributed by atoms with E-state index in [1.54, 1.807) is 0 Å². The summed E-state index contributed by atoms with van der Waals surface area (Å²) in [5.74, 6) is 2.41. The van der Waals surface area contributed by atoms with Crippen LogP contribution in [-0.4, -0.2) is 44.5 Å². The van der Waals surface area contributed by atoms with Crippen LogP contribution in [0.15, 0.2) is 0 Å². The smallest absolute Gasteiger partial charge is 0.147 e. The van der Waals surface area contributed by atoms with Crippen molar-refractivity contribution in [2.24, 2.45) is 5.92 Å². The fraction of sp³-hybridized carbons (Fsp3) is 0.857. The number of hydrogen-bond donors (Lipinski definition) is 1. The summed E-state index contributed by atoms with van der Waals surface area (Å²) in [6.07, 6.45) is 4.40. The molecule has 0 aromatic carbocycles. The lowest BCUT2D eigenvalue weighted by Crippen LogP contribution is -2.35. The molecule has 1 saturated carbocycles. The number of aliphatic hydroxyl groups is 1. The summed E-state index contributed by atoms with van der Waals surface area (Å²) in [6.45, 7) is 6.76. The first-order valence-electron chi connectivity index (χ1n) is 7.37. The zero-order chi connectivity index (χ0) is 13.8. The molecule has 1 aromatic heterocycles. The molecular weight excluding hydrogens is 240 g/mol. The number of aryl methyl sites for hydroxylation is 1. The van der Waals surface area contributed by atoms with Gasteiger partial charge >= 0.3 is 0 Å². The summed E-state index contributed by atoms with van der Waals surface area (Å²) in [6, 6.07) is 0. The van der Waals surface area contributed by atoms with E-state index in [2.05, 4.69) is 33.6 Å². The fourth-order valence-corrected chi connectivity index (χ4v) is 3.06. The Morgan fingerprint density at radius 1 is 1.32 bits per heavy atom. The van der Waals surface area contributed by atoms with E-state index in [-0.39, 0.29) is 6.10 Å². The van der Waals surface area contributed by atoms with Crippen molar-refractivity contribution in [2.75, 3.05) is 13.6 Å². The molecule has 2 rings (SSSR count). The number of aromatic nitrogens is 3. The molecule has 0 bridgehead atoms. The second-order valence-electron chi connectivity index (χ2n) is 5.72. The Balaban J connectivity index is 1.91. The minimum absolute atomic E-state index is 0.123. The van der Waals surface area contributed by atoms with Crippen LogP contribution in [0.2, 0.25) is 0 Å². The van der Waals surface area contributed by atoms with Gasteiger partial charge in [0.05, 0.1) is 12.6 Å². The summed E-state index contributed by atoms with van der Waals surface area (Å²) in [5.41, 5.74) is 0. The van der Waals surface area contributed by atoms with Crippen molar-refractivity contribution in [3.8, 4) is 0 Å². The molecule has 0 radical (unpaired) electrons. The highest BCUT2D eigenvalue weighted by Crippen LogP contribution is 2.25. The third-order valence-electron chi connectivity index (χ3n) is 4.16. The van der Waals surface area contributed by atoms with Crippen molar-refractivity contribution in [3.05, 3.63) is 11.6 Å². The van der Waals surface area contributed by atoms with E-state index < -0.39 is 0 Å². The van der Waals surface area contributed by atoms with Crippen LogP contribution in [0.4, 0.5) is 0 Å². The van der Waals surface area contributed by atoms with Gasteiger partial charge in [-0.1, -0.05) is 12.8 Å². The van der Waals surface area contributed by atoms with Gasteiger partial charge in [0.25, 0.3) is 0 Å². The van der Waals surface area contributed by atoms with E-state index in [1.807, 2.05) is 6.92 Å². The molecule has 1 heterocycles. The van der Waals surface area contributed by atoms with Crippen molar-refractivity contribution in [3.63, 3.8) is 0 Å². The van der Waals surface area contributed by atoms with Crippen LogP contribution in [0.1, 0.15) is 44.3 Å². The van der Waals surface area contributed by atoms with Crippen LogP contribution < -0.4 is 0 Å². The Morgan fingerprint density at radius 3 is 2.74 bits per heavy atom. The average Bonchev–Trinajstić information content (AvgIpc) is 2.72. The van der Waals surface area contributed by atoms with Crippen LogP contribution in [0.5, 0.6) is 0 Å². The molecule has 5 heteroatoms. The Morgan fingerprint density at radius 2 is 2.05 bits per heavy atom. The highest BCUT2D eigenvalue weighted by atomic mass is 16.3. The van der Waals surface area contributed by atoms with Crippen LogP contribution in [-0.2, 0) is 13.1 Å². The lowest BCUT2D eigenvalue weighted by atomic mass is 9.86. The SMILES string of the molecule is CCn1c(C)nnc1CN(C)CC1CCCCC1O. The molecular formula is C14H26N4O. The van der Waals surface area contributed by atoms with Crippen molar-refractivity contribution in [1.29, 1.82) is 0 Å². The van der Waals surface area contributed by atoms with Crippen LogP contribution in [0.3, 0.4) is 0 Å². The number of aliphatic hydroxyl groups excluding tert-OH is 1. The lowest BCUT2D eigenvalue weighted by Gasteiger charge is -2.31. The lowest BCUT2D eigenvalue weighted by molar-refractivity contribution is 0.0495. The molecule has 2 atom stereocenters. The van der Waals surface area contributed by atoms with Gasteiger partial charge in [-0.25, -0.2) is 0 Å². The van der Waals surface area contributed by atoms with Gasteiger partial charge in [-0.3, -0.25) is 4.90 Å². The Bertz CT molecular complexity index is 404. The predicted molar refractivity (Wildman–Crippen MR) is 74.7 cm³/mol. The third kappa shape index (κ3) is 3.54. The van der Waals surface area contributed by atoms with Crippen LogP contribution >= 0.6 is 0 Å². The fourth-order valence-electron chi connectivity index (χ4n) is 3.06. The maximum absolute atomic E-state index is 10.0. The number of nitrogens with zero attached hydrogens (tertiary/aromatic N) is 4. The summed E-state index contributed by atoms with van der Waals surface area (Å²) in [4.78, 5) is 2.26. The minimum Gasteiger partial charge on any atom is -0.393 e. The summed E-state index contributed by atoms with van der Waals surface area (Å²) in [7, 11) is 2.10. The second-order valence-corrected chi connectivity index (χ2v) is 5.72. The molecule has 2 unspecified atom stereocenters. The third-order valence-corrected chi connectivity index (χ3v) is 4.16. The zero-order valence-corrected chi connectivity index (χ0v) is 12.3. The van der Waals surface area contributed by atoms with Gasteiger partial charge in [-0.05, 0) is 39.7 Å². The summed E-state index contributed by atoms with van der Waals surface area (Å²) < 4.78 is 2.15. The Hall–Kier alpha value is -0.940. The molecule has 0 spiro atoms. The van der Waals surface area contributed by atoms with Crippen molar-refractivity contribution in [2.45, 2.75) is 58.7 Å². The van der Waals surface area contributed by atoms with Crippen molar-refractivity contribution in [1.82, 2.24) is 19.7 Å². The molecule has 5 nitrogen and oxygen atoms in total. The van der Waals surface area contributed by atoms with Crippen LogP contribution in [0.25, 0.3) is 0 Å². The highest BCUT2D eigenvalue weighted by molar-refractivity contribution is 4.93. The van der Waals surface area contributed by atoms with E-state index in [0.29, 0.717) is 5.92 Å². The van der Waals surface area contributed by atoms with Crippen molar-refractivity contribution >= 4 is 0 Å². The highest BCUT2D eigenvalue weighted by Gasteiger charge is 2.24. The summed E-state index contributed by atoms with van der Waals surface area (Å²) >= 11 is 0. The topological polar surface area (TPSA) is 54.2 Å². The first-order chi connectivity index (χ1) is 9.11. The van der Waals surface area contributed by atoms with Gasteiger partial charge in [0.15, 0.2) is 0 Å². The van der Waals surface area contributed by atoms with Crippen LogP contribution in [0, 0.1) is 12.8 Å². The van der Waals surface area contributed by atoms with E-state index in [4.69, 9.17) is 0 Å². The number of hydrogen-bond acceptors (Lipinski definition) is 4. The minimum atomic E-state index is -0.123. The first-order valence-corrected chi connectivity index (χ1v) is 7.37. The van der Waals surface area contributed by atoms with Gasteiger partial charge in [-0.2, -0.15) is 0 Å². The second kappa shape index (κ2) is 6.48. The maximum Gasteiger partial charge on any atom is 0.147 e. The standard InChI is InChI=1S/C14H26N4O/c1-4-18-11(2)15-16-14(18)10-17(3)9-12-7-5-6-8-13(12)19/h12-13,19H,4-10H2,1-3H3. The normalized spacial score (nSPS) is 24.1. The molecule has 108 valence electrons. The molecule has 1 N–H and O–H groups in total. The van der Waals surface area contributed by atoms with E-state index in [1.165, 1.54) is 12.8 Å². The van der Waals surface area contributed by atoms with Crippen molar-refractivity contribution < 1.29 is 5.11 Å². The molecule has 1 aliphatic rings. The maximum atomic E-state index is 10.0. The van der Waals surface area contributed by atoms with E-state index in [0.717, 1.165) is 44.1 Å². The molecule has 1 fully saturated rings. The predicted octanol–water partition coefficient (Wildman–Crippen LogP) is 1.59. The van der Waals surface area contributed by atoms with E-state index in [9.17, 15) is 5.11 Å². The largest absolute Gasteiger partial charge is 0.393 e. The molecule has 1 aliphatic carbocycles. The van der Waals surface area contributed by atoms with Gasteiger partial charge in [0.2, 0.25) is 0 Å². The molecule has 0 saturated heterocycles. The number of rotatable bonds is 5. The molecule has 0 amide bonds. The Labute approximate surface area is 115 Å². The van der Waals surface area contributed by atoms with Gasteiger partial charge in [0, 0.05) is 13.1 Å². The molecule has 1 aromatic rings. The zero-order valence-electron chi connectivity index (χ0n) is 12.3. The molecule has 0 aliphatic heterocycles. The summed E-state index contributed by atoms with van der Waals surface area (Å²) in [5, 5.41) is 18.4. The quantitative estimate of drug-likeness (QED) is 0.879. The van der Waals surface area contributed by atoms with Gasteiger partial charge in [0.1, 0.15) is 11.6 Å². The van der Waals surface area contributed by atoms with E-state index >= 15 is 0 Å². The Kier molecular flexibility index (Phi) is 4.93.